The van der Waals surface area contributed by atoms with Crippen molar-refractivity contribution in [2.45, 2.75) is 17.5 Å². The normalized spacial score (nSPS) is 27.5. The average molecular weight is 229 g/mol. The lowest BCUT2D eigenvalue weighted by Crippen LogP contribution is -2.32. The molecule has 0 radical (unpaired) electrons. The molecule has 1 unspecified atom stereocenters. The molecule has 64 valence electrons. The molecule has 0 fully saturated rings. The maximum Gasteiger partial charge on any atom is 0.265 e. The van der Waals surface area contributed by atoms with Gasteiger partial charge in [-0.1, -0.05) is 18.2 Å². The highest BCUT2D eigenvalue weighted by molar-refractivity contribution is 9.10. The SMILES string of the molecule is OC1(Br)CCc2ccccc2O1. The Morgan fingerprint density at radius 2 is 2.17 bits per heavy atom. The molecule has 0 aromatic heterocycles. The molecule has 1 aromatic carbocycles. The van der Waals surface area contributed by atoms with Gasteiger partial charge in [0.2, 0.25) is 0 Å². The van der Waals surface area contributed by atoms with Crippen LogP contribution in [0.5, 0.6) is 5.75 Å². The van der Waals surface area contributed by atoms with Crippen molar-refractivity contribution in [3.8, 4) is 5.75 Å². The number of fused-ring (bicyclic) bond motifs is 1. The lowest BCUT2D eigenvalue weighted by molar-refractivity contribution is -0.0597. The molecule has 0 amide bonds. The van der Waals surface area contributed by atoms with Crippen LogP contribution < -0.4 is 4.74 Å². The fourth-order valence-electron chi connectivity index (χ4n) is 1.32. The molecule has 0 saturated heterocycles. The number of alkyl halides is 1. The van der Waals surface area contributed by atoms with Crippen LogP contribution in [0.3, 0.4) is 0 Å². The van der Waals surface area contributed by atoms with Crippen LogP contribution in [0.1, 0.15) is 12.0 Å². The van der Waals surface area contributed by atoms with E-state index in [9.17, 15) is 5.11 Å². The molecule has 0 bridgehead atoms. The Morgan fingerprint density at radius 1 is 1.42 bits per heavy atom. The first-order valence-electron chi connectivity index (χ1n) is 3.86. The summed E-state index contributed by atoms with van der Waals surface area (Å²) in [7, 11) is 0. The molecule has 2 rings (SSSR count). The first-order valence-corrected chi connectivity index (χ1v) is 4.65. The minimum Gasteiger partial charge on any atom is -0.452 e. The fourth-order valence-corrected chi connectivity index (χ4v) is 1.69. The van der Waals surface area contributed by atoms with Crippen LogP contribution >= 0.6 is 15.9 Å². The molecule has 0 spiro atoms. The zero-order valence-electron chi connectivity index (χ0n) is 6.46. The van der Waals surface area contributed by atoms with E-state index in [1.807, 2.05) is 24.3 Å². The highest BCUT2D eigenvalue weighted by Crippen LogP contribution is 2.34. The van der Waals surface area contributed by atoms with Crippen LogP contribution in [0.25, 0.3) is 0 Å². The Labute approximate surface area is 79.3 Å². The molecule has 1 aliphatic rings. The topological polar surface area (TPSA) is 29.5 Å². The van der Waals surface area contributed by atoms with Crippen molar-refractivity contribution in [3.63, 3.8) is 0 Å². The van der Waals surface area contributed by atoms with Gasteiger partial charge in [0.25, 0.3) is 4.70 Å². The van der Waals surface area contributed by atoms with Crippen molar-refractivity contribution < 1.29 is 9.84 Å². The van der Waals surface area contributed by atoms with E-state index in [0.29, 0.717) is 6.42 Å². The van der Waals surface area contributed by atoms with Crippen LogP contribution in [0.4, 0.5) is 0 Å². The minimum atomic E-state index is -1.17. The van der Waals surface area contributed by atoms with E-state index in [4.69, 9.17) is 4.74 Å². The Morgan fingerprint density at radius 3 is 3.00 bits per heavy atom. The second-order valence-corrected chi connectivity index (χ2v) is 4.14. The summed E-state index contributed by atoms with van der Waals surface area (Å²) in [6.07, 6.45) is 1.43. The first kappa shape index (κ1) is 8.08. The molecular weight excluding hydrogens is 220 g/mol. The Bertz CT molecular complexity index is 296. The lowest BCUT2D eigenvalue weighted by Gasteiger charge is -2.28. The number of benzene rings is 1. The summed E-state index contributed by atoms with van der Waals surface area (Å²) in [6, 6.07) is 7.74. The van der Waals surface area contributed by atoms with Gasteiger partial charge in [-0.15, -0.1) is 0 Å². The average Bonchev–Trinajstić information content (AvgIpc) is 2.02. The van der Waals surface area contributed by atoms with Crippen LogP contribution in [0.15, 0.2) is 24.3 Å². The van der Waals surface area contributed by atoms with E-state index in [-0.39, 0.29) is 0 Å². The third kappa shape index (κ3) is 1.47. The smallest absolute Gasteiger partial charge is 0.265 e. The Kier molecular flexibility index (Phi) is 1.85. The predicted octanol–water partition coefficient (Wildman–Crippen LogP) is 2.05. The molecule has 0 aliphatic carbocycles. The quantitative estimate of drug-likeness (QED) is 0.690. The van der Waals surface area contributed by atoms with Gasteiger partial charge in [0.15, 0.2) is 0 Å². The summed E-state index contributed by atoms with van der Waals surface area (Å²) >= 11 is 3.10. The molecule has 0 saturated carbocycles. The van der Waals surface area contributed by atoms with Crippen molar-refractivity contribution in [1.29, 1.82) is 0 Å². The molecule has 1 aliphatic heterocycles. The van der Waals surface area contributed by atoms with Gasteiger partial charge < -0.3 is 9.84 Å². The van der Waals surface area contributed by atoms with Gasteiger partial charge in [0.05, 0.1) is 0 Å². The molecule has 1 N–H and O–H groups in total. The highest BCUT2D eigenvalue weighted by atomic mass is 79.9. The molecule has 12 heavy (non-hydrogen) atoms. The van der Waals surface area contributed by atoms with E-state index in [0.717, 1.165) is 17.7 Å². The van der Waals surface area contributed by atoms with Crippen LogP contribution in [0.2, 0.25) is 0 Å². The van der Waals surface area contributed by atoms with Crippen LogP contribution in [-0.4, -0.2) is 9.80 Å². The second-order valence-electron chi connectivity index (χ2n) is 2.90. The molecule has 1 heterocycles. The van der Waals surface area contributed by atoms with Gasteiger partial charge in [-0.25, -0.2) is 0 Å². The number of ether oxygens (including phenoxy) is 1. The number of para-hydroxylation sites is 1. The van der Waals surface area contributed by atoms with Gasteiger partial charge in [-0.3, -0.25) is 0 Å². The third-order valence-electron chi connectivity index (χ3n) is 1.94. The van der Waals surface area contributed by atoms with Gasteiger partial charge >= 0.3 is 0 Å². The van der Waals surface area contributed by atoms with Crippen LogP contribution in [-0.2, 0) is 6.42 Å². The van der Waals surface area contributed by atoms with Crippen LogP contribution in [0, 0.1) is 0 Å². The van der Waals surface area contributed by atoms with E-state index < -0.39 is 4.70 Å². The summed E-state index contributed by atoms with van der Waals surface area (Å²) in [5.74, 6) is 0.767. The molecule has 2 nitrogen and oxygen atoms in total. The number of hydrogen-bond donors (Lipinski definition) is 1. The van der Waals surface area contributed by atoms with Crippen molar-refractivity contribution in [3.05, 3.63) is 29.8 Å². The summed E-state index contributed by atoms with van der Waals surface area (Å²) in [5.41, 5.74) is 1.15. The van der Waals surface area contributed by atoms with Gasteiger partial charge in [-0.05, 0) is 34.0 Å². The largest absolute Gasteiger partial charge is 0.452 e. The first-order chi connectivity index (χ1) is 5.67. The van der Waals surface area contributed by atoms with Gasteiger partial charge in [-0.2, -0.15) is 0 Å². The van der Waals surface area contributed by atoms with Gasteiger partial charge in [0.1, 0.15) is 5.75 Å². The monoisotopic (exact) mass is 228 g/mol. The summed E-state index contributed by atoms with van der Waals surface area (Å²) < 4.78 is 4.13. The zero-order valence-corrected chi connectivity index (χ0v) is 8.04. The number of aryl methyl sites for hydroxylation is 1. The maximum absolute atomic E-state index is 9.52. The predicted molar refractivity (Wildman–Crippen MR) is 49.3 cm³/mol. The summed E-state index contributed by atoms with van der Waals surface area (Å²) in [4.78, 5) is 0. The van der Waals surface area contributed by atoms with E-state index in [2.05, 4.69) is 15.9 Å². The minimum absolute atomic E-state index is 0.587. The number of halogens is 1. The fraction of sp³-hybridized carbons (Fsp3) is 0.333. The van der Waals surface area contributed by atoms with Crippen molar-refractivity contribution in [2.24, 2.45) is 0 Å². The van der Waals surface area contributed by atoms with E-state index in [1.54, 1.807) is 0 Å². The number of aliphatic hydroxyl groups is 1. The van der Waals surface area contributed by atoms with E-state index >= 15 is 0 Å². The van der Waals surface area contributed by atoms with Gasteiger partial charge in [0, 0.05) is 6.42 Å². The standard InChI is InChI=1S/C9H9BrO2/c10-9(11)6-5-7-3-1-2-4-8(7)12-9/h1-4,11H,5-6H2. The molecule has 1 atom stereocenters. The Hall–Kier alpha value is -0.540. The molecular formula is C9H9BrO2. The number of rotatable bonds is 0. The summed E-state index contributed by atoms with van der Waals surface area (Å²) in [6.45, 7) is 0. The van der Waals surface area contributed by atoms with Crippen molar-refractivity contribution in [2.75, 3.05) is 0 Å². The van der Waals surface area contributed by atoms with Crippen molar-refractivity contribution in [1.82, 2.24) is 0 Å². The second kappa shape index (κ2) is 2.75. The van der Waals surface area contributed by atoms with E-state index in [1.165, 1.54) is 0 Å². The van der Waals surface area contributed by atoms with Crippen molar-refractivity contribution >= 4 is 15.9 Å². The third-order valence-corrected chi connectivity index (χ3v) is 2.50. The lowest BCUT2D eigenvalue weighted by atomic mass is 10.1. The zero-order chi connectivity index (χ0) is 8.60. The summed E-state index contributed by atoms with van der Waals surface area (Å²) in [5, 5.41) is 9.52. The molecule has 1 aromatic rings. The number of hydrogen-bond acceptors (Lipinski definition) is 2. The molecule has 3 heteroatoms. The highest BCUT2D eigenvalue weighted by Gasteiger charge is 2.30. The maximum atomic E-state index is 9.52. The Balaban J connectivity index is 2.35.